The molecule has 4 nitrogen and oxygen atoms in total. The summed E-state index contributed by atoms with van der Waals surface area (Å²) in [5.41, 5.74) is 0. The Hall–Kier alpha value is -0.720. The van der Waals surface area contributed by atoms with E-state index in [1.165, 1.54) is 11.8 Å². The van der Waals surface area contributed by atoms with Gasteiger partial charge in [-0.3, -0.25) is 4.79 Å². The lowest BCUT2D eigenvalue weighted by Gasteiger charge is -2.15. The molecule has 110 valence electrons. The molecule has 0 bridgehead atoms. The molecule has 0 saturated carbocycles. The zero-order chi connectivity index (χ0) is 14.8. The van der Waals surface area contributed by atoms with Gasteiger partial charge in [0.05, 0.1) is 16.8 Å². The van der Waals surface area contributed by atoms with E-state index in [-0.39, 0.29) is 28.7 Å². The minimum atomic E-state index is -2.97. The predicted molar refractivity (Wildman–Crippen MR) is 82.0 cm³/mol. The molecule has 0 spiro atoms. The Balaban J connectivity index is 1.88. The van der Waals surface area contributed by atoms with Crippen LogP contribution in [0, 0.1) is 0 Å². The van der Waals surface area contributed by atoms with Crippen molar-refractivity contribution in [2.75, 3.05) is 11.5 Å². The average Bonchev–Trinajstić information content (AvgIpc) is 2.71. The van der Waals surface area contributed by atoms with Gasteiger partial charge in [0.1, 0.15) is 0 Å². The van der Waals surface area contributed by atoms with Crippen molar-refractivity contribution >= 4 is 39.1 Å². The van der Waals surface area contributed by atoms with E-state index in [4.69, 9.17) is 11.6 Å². The van der Waals surface area contributed by atoms with Crippen molar-refractivity contribution < 1.29 is 13.2 Å². The maximum absolute atomic E-state index is 12.0. The van der Waals surface area contributed by atoms with Gasteiger partial charge in [-0.1, -0.05) is 11.6 Å². The van der Waals surface area contributed by atoms with Crippen LogP contribution in [0.25, 0.3) is 0 Å². The van der Waals surface area contributed by atoms with Crippen molar-refractivity contribution in [2.45, 2.75) is 29.5 Å². The maximum Gasteiger partial charge on any atom is 0.233 e. The Morgan fingerprint density at radius 1 is 1.40 bits per heavy atom. The molecular formula is C13H16ClNO3S2. The summed E-state index contributed by atoms with van der Waals surface area (Å²) in [6, 6.07) is 7.02. The maximum atomic E-state index is 12.0. The lowest BCUT2D eigenvalue weighted by Crippen LogP contribution is -2.39. The van der Waals surface area contributed by atoms with Crippen LogP contribution in [-0.2, 0) is 14.6 Å². The highest BCUT2D eigenvalue weighted by Gasteiger charge is 2.30. The first-order valence-electron chi connectivity index (χ1n) is 6.29. The third-order valence-electron chi connectivity index (χ3n) is 3.07. The number of hydrogen-bond donors (Lipinski definition) is 1. The van der Waals surface area contributed by atoms with Gasteiger partial charge in [0.2, 0.25) is 5.91 Å². The van der Waals surface area contributed by atoms with Gasteiger partial charge in [-0.15, -0.1) is 11.8 Å². The average molecular weight is 334 g/mol. The Morgan fingerprint density at radius 2 is 2.05 bits per heavy atom. The fourth-order valence-corrected chi connectivity index (χ4v) is 4.67. The number of amides is 1. The second-order valence-corrected chi connectivity index (χ2v) is 8.90. The molecule has 0 radical (unpaired) electrons. The van der Waals surface area contributed by atoms with Crippen molar-refractivity contribution in [2.24, 2.45) is 0 Å². The zero-order valence-corrected chi connectivity index (χ0v) is 13.4. The number of nitrogens with one attached hydrogen (secondary N) is 1. The van der Waals surface area contributed by atoms with Crippen molar-refractivity contribution in [1.82, 2.24) is 5.32 Å². The normalized spacial score (nSPS) is 22.4. The summed E-state index contributed by atoms with van der Waals surface area (Å²) in [5.74, 6) is 0.0836. The Labute approximate surface area is 128 Å². The summed E-state index contributed by atoms with van der Waals surface area (Å²) in [7, 11) is -2.97. The van der Waals surface area contributed by atoms with Gasteiger partial charge in [0, 0.05) is 16.0 Å². The first-order chi connectivity index (χ1) is 9.35. The number of rotatable bonds is 4. The van der Waals surface area contributed by atoms with E-state index < -0.39 is 9.84 Å². The molecule has 20 heavy (non-hydrogen) atoms. The van der Waals surface area contributed by atoms with E-state index in [9.17, 15) is 13.2 Å². The van der Waals surface area contributed by atoms with Crippen LogP contribution in [0.1, 0.15) is 13.3 Å². The Morgan fingerprint density at radius 3 is 2.60 bits per heavy atom. The smallest absolute Gasteiger partial charge is 0.233 e. The molecule has 1 heterocycles. The van der Waals surface area contributed by atoms with Crippen LogP contribution in [0.5, 0.6) is 0 Å². The number of thioether (sulfide) groups is 1. The molecule has 1 saturated heterocycles. The number of sulfone groups is 1. The van der Waals surface area contributed by atoms with Gasteiger partial charge in [-0.2, -0.15) is 0 Å². The van der Waals surface area contributed by atoms with Crippen LogP contribution in [0.4, 0.5) is 0 Å². The topological polar surface area (TPSA) is 63.2 Å². The monoisotopic (exact) mass is 333 g/mol. The third-order valence-corrected chi connectivity index (χ3v) is 6.21. The lowest BCUT2D eigenvalue weighted by atomic mass is 10.2. The summed E-state index contributed by atoms with van der Waals surface area (Å²) in [6.07, 6.45) is 0.506. The van der Waals surface area contributed by atoms with Crippen LogP contribution in [0.2, 0.25) is 5.02 Å². The molecule has 7 heteroatoms. The Bertz CT molecular complexity index is 586. The molecule has 2 atom stereocenters. The fraction of sp³-hybridized carbons (Fsp3) is 0.462. The molecule has 1 N–H and O–H groups in total. The molecular weight excluding hydrogens is 318 g/mol. The van der Waals surface area contributed by atoms with Gasteiger partial charge in [-0.05, 0) is 37.6 Å². The number of carbonyl (C=O) groups is 1. The molecule has 0 aromatic heterocycles. The molecule has 1 fully saturated rings. The van der Waals surface area contributed by atoms with Crippen LogP contribution >= 0.6 is 23.4 Å². The number of hydrogen-bond acceptors (Lipinski definition) is 4. The van der Waals surface area contributed by atoms with Gasteiger partial charge >= 0.3 is 0 Å². The van der Waals surface area contributed by atoms with E-state index in [0.29, 0.717) is 11.4 Å². The van der Waals surface area contributed by atoms with E-state index in [1.807, 2.05) is 12.1 Å². The second-order valence-electron chi connectivity index (χ2n) is 4.82. The fourth-order valence-electron chi connectivity index (χ4n) is 2.00. The van der Waals surface area contributed by atoms with Gasteiger partial charge in [0.25, 0.3) is 0 Å². The van der Waals surface area contributed by atoms with Crippen molar-refractivity contribution in [3.63, 3.8) is 0 Å². The molecule has 1 aliphatic rings. The summed E-state index contributed by atoms with van der Waals surface area (Å²) in [4.78, 5) is 13.0. The van der Waals surface area contributed by atoms with Crippen LogP contribution in [0.3, 0.4) is 0 Å². The van der Waals surface area contributed by atoms with Crippen LogP contribution in [0.15, 0.2) is 29.2 Å². The molecule has 1 aliphatic heterocycles. The van der Waals surface area contributed by atoms with E-state index in [0.717, 1.165) is 4.90 Å². The molecule has 0 unspecified atom stereocenters. The van der Waals surface area contributed by atoms with E-state index in [1.54, 1.807) is 19.1 Å². The van der Waals surface area contributed by atoms with E-state index >= 15 is 0 Å². The van der Waals surface area contributed by atoms with Gasteiger partial charge in [-0.25, -0.2) is 8.42 Å². The van der Waals surface area contributed by atoms with Crippen LogP contribution in [-0.4, -0.2) is 37.1 Å². The molecule has 1 aromatic carbocycles. The summed E-state index contributed by atoms with van der Waals surface area (Å²) in [6.45, 7) is 1.80. The van der Waals surface area contributed by atoms with Gasteiger partial charge < -0.3 is 5.32 Å². The van der Waals surface area contributed by atoms with Crippen molar-refractivity contribution in [3.05, 3.63) is 29.3 Å². The highest BCUT2D eigenvalue weighted by atomic mass is 35.5. The predicted octanol–water partition coefficient (Wildman–Crippen LogP) is 2.12. The minimum absolute atomic E-state index is 0.0527. The highest BCUT2D eigenvalue weighted by molar-refractivity contribution is 8.00. The van der Waals surface area contributed by atoms with Crippen molar-refractivity contribution in [1.29, 1.82) is 0 Å². The van der Waals surface area contributed by atoms with Gasteiger partial charge in [0.15, 0.2) is 9.84 Å². The second kappa shape index (κ2) is 6.37. The SMILES string of the molecule is C[C@H](Sc1ccc(Cl)cc1)C(=O)N[C@@H]1CCS(=O)(=O)C1. The molecule has 1 amide bonds. The summed E-state index contributed by atoms with van der Waals surface area (Å²) in [5, 5.41) is 3.18. The first kappa shape index (κ1) is 15.7. The molecule has 2 rings (SSSR count). The quantitative estimate of drug-likeness (QED) is 0.857. The standard InChI is InChI=1S/C13H16ClNO3S2/c1-9(19-12-4-2-10(14)3-5-12)13(16)15-11-6-7-20(17,18)8-11/h2-5,9,11H,6-8H2,1H3,(H,15,16)/t9-,11+/m0/s1. The molecule has 1 aromatic rings. The number of carbonyl (C=O) groups excluding carboxylic acids is 1. The highest BCUT2D eigenvalue weighted by Crippen LogP contribution is 2.25. The third kappa shape index (κ3) is 4.40. The lowest BCUT2D eigenvalue weighted by molar-refractivity contribution is -0.120. The summed E-state index contributed by atoms with van der Waals surface area (Å²) >= 11 is 7.23. The Kier molecular flexibility index (Phi) is 4.99. The van der Waals surface area contributed by atoms with E-state index in [2.05, 4.69) is 5.32 Å². The molecule has 0 aliphatic carbocycles. The zero-order valence-electron chi connectivity index (χ0n) is 11.0. The number of benzene rings is 1. The van der Waals surface area contributed by atoms with Crippen LogP contribution < -0.4 is 5.32 Å². The minimum Gasteiger partial charge on any atom is -0.351 e. The summed E-state index contributed by atoms with van der Waals surface area (Å²) < 4.78 is 22.7. The first-order valence-corrected chi connectivity index (χ1v) is 9.37. The van der Waals surface area contributed by atoms with Crippen molar-refractivity contribution in [3.8, 4) is 0 Å². The number of halogens is 1. The largest absolute Gasteiger partial charge is 0.351 e.